The minimum Gasteiger partial charge on any atom is -0.497 e. The Morgan fingerprint density at radius 3 is 2.53 bits per heavy atom. The third kappa shape index (κ3) is 5.28. The van der Waals surface area contributed by atoms with Crippen molar-refractivity contribution >= 4 is 21.9 Å². The molecule has 10 heteroatoms. The van der Waals surface area contributed by atoms with Gasteiger partial charge in [-0.05, 0) is 61.2 Å². The fourth-order valence-corrected chi connectivity index (χ4v) is 5.84. The molecule has 2 heterocycles. The van der Waals surface area contributed by atoms with Gasteiger partial charge in [0.1, 0.15) is 5.75 Å². The zero-order valence-electron chi connectivity index (χ0n) is 19.2. The van der Waals surface area contributed by atoms with Crippen molar-refractivity contribution in [2.75, 3.05) is 19.0 Å². The lowest BCUT2D eigenvalue weighted by molar-refractivity contribution is 0.102. The minimum atomic E-state index is -3.60. The molecule has 3 aromatic rings. The van der Waals surface area contributed by atoms with E-state index in [-0.39, 0.29) is 17.0 Å². The van der Waals surface area contributed by atoms with Crippen molar-refractivity contribution in [1.82, 2.24) is 14.5 Å². The summed E-state index contributed by atoms with van der Waals surface area (Å²) in [6, 6.07) is 13.4. The van der Waals surface area contributed by atoms with Crippen LogP contribution in [0.4, 0.5) is 6.01 Å². The highest BCUT2D eigenvalue weighted by Gasteiger charge is 2.32. The van der Waals surface area contributed by atoms with E-state index < -0.39 is 15.9 Å². The summed E-state index contributed by atoms with van der Waals surface area (Å²) < 4.78 is 38.5. The van der Waals surface area contributed by atoms with Gasteiger partial charge in [0.2, 0.25) is 15.9 Å². The van der Waals surface area contributed by atoms with Crippen LogP contribution in [0.1, 0.15) is 54.4 Å². The van der Waals surface area contributed by atoms with Crippen LogP contribution in [0.5, 0.6) is 5.75 Å². The molecule has 0 spiro atoms. The standard InChI is InChI=1S/C24H28N4O5S/c1-3-19-6-4-5-15-28(19)34(30,31)21-13-9-18(10-14-21)23(29)25-24-27-26-22(33-24)16-17-7-11-20(32-2)12-8-17/h7-14,19H,3-6,15-16H2,1-2H3,(H,25,27,29). The van der Waals surface area contributed by atoms with Crippen molar-refractivity contribution in [2.24, 2.45) is 0 Å². The monoisotopic (exact) mass is 484 g/mol. The van der Waals surface area contributed by atoms with Gasteiger partial charge in [-0.15, -0.1) is 5.10 Å². The summed E-state index contributed by atoms with van der Waals surface area (Å²) >= 11 is 0. The number of ether oxygens (including phenoxy) is 1. The van der Waals surface area contributed by atoms with E-state index in [1.807, 2.05) is 31.2 Å². The topological polar surface area (TPSA) is 115 Å². The van der Waals surface area contributed by atoms with Gasteiger partial charge in [-0.2, -0.15) is 4.31 Å². The summed E-state index contributed by atoms with van der Waals surface area (Å²) in [5.74, 6) is 0.643. The van der Waals surface area contributed by atoms with Gasteiger partial charge in [-0.25, -0.2) is 8.42 Å². The first-order valence-electron chi connectivity index (χ1n) is 11.3. The van der Waals surface area contributed by atoms with Crippen LogP contribution in [0.15, 0.2) is 57.8 Å². The summed E-state index contributed by atoms with van der Waals surface area (Å²) in [7, 11) is -2.00. The molecule has 0 radical (unpaired) electrons. The Balaban J connectivity index is 1.40. The lowest BCUT2D eigenvalue weighted by Gasteiger charge is -2.34. The fraction of sp³-hybridized carbons (Fsp3) is 0.375. The summed E-state index contributed by atoms with van der Waals surface area (Å²) in [6.07, 6.45) is 3.97. The SMILES string of the molecule is CCC1CCCCN1S(=O)(=O)c1ccc(C(=O)Nc2nnc(Cc3ccc(OC)cc3)o2)cc1. The van der Waals surface area contributed by atoms with Crippen molar-refractivity contribution in [2.45, 2.75) is 50.0 Å². The second kappa shape index (κ2) is 10.4. The molecule has 0 aliphatic carbocycles. The lowest BCUT2D eigenvalue weighted by Crippen LogP contribution is -2.43. The minimum absolute atomic E-state index is 0.0198. The quantitative estimate of drug-likeness (QED) is 0.516. The zero-order valence-corrected chi connectivity index (χ0v) is 20.0. The molecule has 4 rings (SSSR count). The van der Waals surface area contributed by atoms with Gasteiger partial charge >= 0.3 is 6.01 Å². The number of nitrogens with one attached hydrogen (secondary N) is 1. The molecule has 1 saturated heterocycles. The van der Waals surface area contributed by atoms with E-state index in [1.165, 1.54) is 24.3 Å². The van der Waals surface area contributed by atoms with Crippen molar-refractivity contribution < 1.29 is 22.4 Å². The molecule has 1 amide bonds. The van der Waals surface area contributed by atoms with E-state index in [1.54, 1.807) is 11.4 Å². The number of benzene rings is 2. The maximum atomic E-state index is 13.1. The van der Waals surface area contributed by atoms with Crippen molar-refractivity contribution in [3.05, 3.63) is 65.5 Å². The van der Waals surface area contributed by atoms with Crippen LogP contribution in [-0.4, -0.2) is 48.5 Å². The highest BCUT2D eigenvalue weighted by atomic mass is 32.2. The molecule has 1 fully saturated rings. The van der Waals surface area contributed by atoms with Gasteiger partial charge in [0.05, 0.1) is 18.4 Å². The van der Waals surface area contributed by atoms with Gasteiger partial charge in [-0.3, -0.25) is 10.1 Å². The van der Waals surface area contributed by atoms with E-state index in [0.717, 1.165) is 37.0 Å². The predicted molar refractivity (Wildman–Crippen MR) is 126 cm³/mol. The molecule has 1 unspecified atom stereocenters. The zero-order chi connectivity index (χ0) is 24.1. The summed E-state index contributed by atoms with van der Waals surface area (Å²) in [5, 5.41) is 10.4. The largest absolute Gasteiger partial charge is 0.497 e. The molecule has 1 aliphatic heterocycles. The molecular weight excluding hydrogens is 456 g/mol. The number of methoxy groups -OCH3 is 1. The van der Waals surface area contributed by atoms with Crippen LogP contribution in [-0.2, 0) is 16.4 Å². The highest BCUT2D eigenvalue weighted by molar-refractivity contribution is 7.89. The Hall–Kier alpha value is -3.24. The highest BCUT2D eigenvalue weighted by Crippen LogP contribution is 2.27. The van der Waals surface area contributed by atoms with E-state index in [9.17, 15) is 13.2 Å². The Morgan fingerprint density at radius 1 is 1.12 bits per heavy atom. The Labute approximate surface area is 199 Å². The van der Waals surface area contributed by atoms with Crippen molar-refractivity contribution in [3.8, 4) is 5.75 Å². The van der Waals surface area contributed by atoms with E-state index in [2.05, 4.69) is 15.5 Å². The second-order valence-electron chi connectivity index (χ2n) is 8.18. The molecule has 9 nitrogen and oxygen atoms in total. The molecule has 34 heavy (non-hydrogen) atoms. The van der Waals surface area contributed by atoms with Crippen LogP contribution in [0.25, 0.3) is 0 Å². The lowest BCUT2D eigenvalue weighted by atomic mass is 10.0. The number of anilines is 1. The number of rotatable bonds is 8. The smallest absolute Gasteiger partial charge is 0.322 e. The average Bonchev–Trinajstić information content (AvgIpc) is 3.31. The van der Waals surface area contributed by atoms with Gasteiger partial charge in [0, 0.05) is 18.2 Å². The molecule has 1 N–H and O–H groups in total. The number of hydrogen-bond donors (Lipinski definition) is 1. The summed E-state index contributed by atoms with van der Waals surface area (Å²) in [6.45, 7) is 2.53. The molecule has 1 atom stereocenters. The predicted octanol–water partition coefficient (Wildman–Crippen LogP) is 3.87. The molecule has 0 bridgehead atoms. The number of piperidine rings is 1. The van der Waals surface area contributed by atoms with Gasteiger partial charge in [0.25, 0.3) is 5.91 Å². The second-order valence-corrected chi connectivity index (χ2v) is 10.1. The van der Waals surface area contributed by atoms with E-state index in [4.69, 9.17) is 9.15 Å². The third-order valence-corrected chi connectivity index (χ3v) is 7.94. The average molecular weight is 485 g/mol. The number of sulfonamides is 1. The van der Waals surface area contributed by atoms with Gasteiger partial charge < -0.3 is 9.15 Å². The first-order valence-corrected chi connectivity index (χ1v) is 12.7. The number of carbonyl (C=O) groups is 1. The molecule has 180 valence electrons. The maximum Gasteiger partial charge on any atom is 0.322 e. The molecular formula is C24H28N4O5S. The number of hydrogen-bond acceptors (Lipinski definition) is 7. The van der Waals surface area contributed by atoms with Crippen molar-refractivity contribution in [1.29, 1.82) is 0 Å². The molecule has 2 aromatic carbocycles. The number of nitrogens with zero attached hydrogens (tertiary/aromatic N) is 3. The molecule has 1 aromatic heterocycles. The molecule has 0 saturated carbocycles. The molecule has 1 aliphatic rings. The number of amides is 1. The van der Waals surface area contributed by atoms with Crippen LogP contribution in [0.2, 0.25) is 0 Å². The van der Waals surface area contributed by atoms with Crippen molar-refractivity contribution in [3.63, 3.8) is 0 Å². The van der Waals surface area contributed by atoms with Gasteiger partial charge in [0.15, 0.2) is 0 Å². The van der Waals surface area contributed by atoms with Crippen LogP contribution in [0, 0.1) is 0 Å². The normalized spacial score (nSPS) is 16.8. The fourth-order valence-electron chi connectivity index (χ4n) is 4.07. The first kappa shape index (κ1) is 23.9. The third-order valence-electron chi connectivity index (χ3n) is 5.97. The van der Waals surface area contributed by atoms with Crippen LogP contribution < -0.4 is 10.1 Å². The number of aromatic nitrogens is 2. The summed E-state index contributed by atoms with van der Waals surface area (Å²) in [5.41, 5.74) is 1.25. The first-order chi connectivity index (χ1) is 16.4. The van der Waals surface area contributed by atoms with E-state index in [0.29, 0.717) is 24.4 Å². The van der Waals surface area contributed by atoms with Crippen LogP contribution in [0.3, 0.4) is 0 Å². The van der Waals surface area contributed by atoms with Crippen LogP contribution >= 0.6 is 0 Å². The van der Waals surface area contributed by atoms with Gasteiger partial charge in [-0.1, -0.05) is 30.6 Å². The Kier molecular flexibility index (Phi) is 7.28. The maximum absolute atomic E-state index is 13.1. The number of carbonyl (C=O) groups excluding carboxylic acids is 1. The Morgan fingerprint density at radius 2 is 1.85 bits per heavy atom. The van der Waals surface area contributed by atoms with E-state index >= 15 is 0 Å². The Bertz CT molecular complexity index is 1220. The summed E-state index contributed by atoms with van der Waals surface area (Å²) in [4.78, 5) is 12.8.